The van der Waals surface area contributed by atoms with Crippen LogP contribution in [0.2, 0.25) is 0 Å². The van der Waals surface area contributed by atoms with Crippen molar-refractivity contribution in [2.75, 3.05) is 6.54 Å². The molecule has 0 saturated carbocycles. The molecule has 2 aromatic rings. The summed E-state index contributed by atoms with van der Waals surface area (Å²) in [6.07, 6.45) is 6.32. The van der Waals surface area contributed by atoms with Gasteiger partial charge in [-0.2, -0.15) is 0 Å². The van der Waals surface area contributed by atoms with Crippen molar-refractivity contribution >= 4 is 11.1 Å². The fourth-order valence-corrected chi connectivity index (χ4v) is 2.67. The highest BCUT2D eigenvalue weighted by Gasteiger charge is 2.19. The smallest absolute Gasteiger partial charge is 0.212 e. The molecule has 0 spiro atoms. The Labute approximate surface area is 108 Å². The van der Waals surface area contributed by atoms with Gasteiger partial charge in [-0.25, -0.2) is 4.98 Å². The number of hydrogen-bond acceptors (Lipinski definition) is 3. The van der Waals surface area contributed by atoms with Crippen LogP contribution in [0, 0.1) is 6.92 Å². The van der Waals surface area contributed by atoms with E-state index in [-0.39, 0.29) is 6.04 Å². The number of aryl methyl sites for hydroxylation is 1. The van der Waals surface area contributed by atoms with E-state index in [9.17, 15) is 0 Å². The summed E-state index contributed by atoms with van der Waals surface area (Å²) in [4.78, 5) is 4.68. The molecule has 1 saturated heterocycles. The molecule has 1 aromatic carbocycles. The number of aromatic nitrogens is 1. The first-order valence-electron chi connectivity index (χ1n) is 6.94. The summed E-state index contributed by atoms with van der Waals surface area (Å²) >= 11 is 0. The van der Waals surface area contributed by atoms with Crippen molar-refractivity contribution in [3.63, 3.8) is 0 Å². The molecule has 1 unspecified atom stereocenters. The Hall–Kier alpha value is -1.35. The molecule has 3 rings (SSSR count). The second kappa shape index (κ2) is 5.11. The average molecular weight is 244 g/mol. The predicted octanol–water partition coefficient (Wildman–Crippen LogP) is 3.73. The number of hydrogen-bond donors (Lipinski definition) is 1. The summed E-state index contributed by atoms with van der Waals surface area (Å²) in [5, 5.41) is 3.56. The zero-order chi connectivity index (χ0) is 12.4. The first-order valence-corrected chi connectivity index (χ1v) is 6.94. The van der Waals surface area contributed by atoms with Crippen molar-refractivity contribution in [1.29, 1.82) is 0 Å². The molecule has 96 valence electrons. The number of nitrogens with zero attached hydrogens (tertiary/aromatic N) is 1. The highest BCUT2D eigenvalue weighted by molar-refractivity contribution is 5.76. The minimum absolute atomic E-state index is 0.289. The van der Waals surface area contributed by atoms with E-state index < -0.39 is 0 Å². The Morgan fingerprint density at radius 2 is 2.11 bits per heavy atom. The maximum absolute atomic E-state index is 5.91. The first kappa shape index (κ1) is 11.7. The molecule has 1 aliphatic rings. The van der Waals surface area contributed by atoms with Gasteiger partial charge in [-0.05, 0) is 37.9 Å². The predicted molar refractivity (Wildman–Crippen MR) is 72.6 cm³/mol. The van der Waals surface area contributed by atoms with E-state index in [0.717, 1.165) is 30.0 Å². The number of fused-ring (bicyclic) bond motifs is 1. The van der Waals surface area contributed by atoms with E-state index >= 15 is 0 Å². The largest absolute Gasteiger partial charge is 0.439 e. The number of oxazole rings is 1. The van der Waals surface area contributed by atoms with Crippen LogP contribution in [-0.2, 0) is 0 Å². The van der Waals surface area contributed by atoms with Crippen LogP contribution in [0.3, 0.4) is 0 Å². The molecule has 3 nitrogen and oxygen atoms in total. The molecular weight excluding hydrogens is 224 g/mol. The summed E-state index contributed by atoms with van der Waals surface area (Å²) in [6.45, 7) is 3.16. The fraction of sp³-hybridized carbons (Fsp3) is 0.533. The quantitative estimate of drug-likeness (QED) is 0.830. The van der Waals surface area contributed by atoms with Crippen molar-refractivity contribution in [2.45, 2.75) is 45.1 Å². The Morgan fingerprint density at radius 3 is 3.00 bits per heavy atom. The van der Waals surface area contributed by atoms with E-state index in [1.165, 1.54) is 31.2 Å². The molecule has 1 aliphatic heterocycles. The van der Waals surface area contributed by atoms with Gasteiger partial charge < -0.3 is 9.73 Å². The maximum atomic E-state index is 5.91. The van der Waals surface area contributed by atoms with E-state index in [1.807, 2.05) is 12.1 Å². The third-order valence-corrected chi connectivity index (χ3v) is 3.75. The highest BCUT2D eigenvalue weighted by atomic mass is 16.3. The molecule has 1 aromatic heterocycles. The standard InChI is InChI=1S/C15H20N2O/c1-11-7-6-9-13-14(11)17-15(18-13)12-8-4-2-3-5-10-16-12/h6-7,9,12,16H,2-5,8,10H2,1H3. The highest BCUT2D eigenvalue weighted by Crippen LogP contribution is 2.26. The van der Waals surface area contributed by atoms with Crippen molar-refractivity contribution in [1.82, 2.24) is 10.3 Å². The molecule has 18 heavy (non-hydrogen) atoms. The lowest BCUT2D eigenvalue weighted by Crippen LogP contribution is -2.24. The van der Waals surface area contributed by atoms with E-state index in [4.69, 9.17) is 4.42 Å². The Morgan fingerprint density at radius 1 is 1.22 bits per heavy atom. The molecule has 1 fully saturated rings. The summed E-state index contributed by atoms with van der Waals surface area (Å²) in [5.41, 5.74) is 3.11. The average Bonchev–Trinajstić information content (AvgIpc) is 2.73. The molecule has 3 heteroatoms. The fourth-order valence-electron chi connectivity index (χ4n) is 2.67. The van der Waals surface area contributed by atoms with Gasteiger partial charge in [0.2, 0.25) is 5.89 Å². The summed E-state index contributed by atoms with van der Waals surface area (Å²) in [5.74, 6) is 0.862. The third kappa shape index (κ3) is 2.27. The van der Waals surface area contributed by atoms with Crippen molar-refractivity contribution in [3.05, 3.63) is 29.7 Å². The Bertz CT molecular complexity index is 524. The third-order valence-electron chi connectivity index (χ3n) is 3.75. The van der Waals surface area contributed by atoms with Crippen molar-refractivity contribution in [3.8, 4) is 0 Å². The van der Waals surface area contributed by atoms with Gasteiger partial charge in [0.1, 0.15) is 5.52 Å². The van der Waals surface area contributed by atoms with Crippen molar-refractivity contribution in [2.24, 2.45) is 0 Å². The van der Waals surface area contributed by atoms with Crippen LogP contribution in [0.25, 0.3) is 11.1 Å². The summed E-state index contributed by atoms with van der Waals surface area (Å²) < 4.78 is 5.91. The van der Waals surface area contributed by atoms with Crippen LogP contribution in [-0.4, -0.2) is 11.5 Å². The van der Waals surface area contributed by atoms with Gasteiger partial charge in [0.05, 0.1) is 6.04 Å². The normalized spacial score (nSPS) is 21.7. The molecule has 0 amide bonds. The van der Waals surface area contributed by atoms with Gasteiger partial charge in [-0.15, -0.1) is 0 Å². The van der Waals surface area contributed by atoms with Gasteiger partial charge >= 0.3 is 0 Å². The lowest BCUT2D eigenvalue weighted by molar-refractivity contribution is 0.362. The van der Waals surface area contributed by atoms with Gasteiger partial charge in [0.25, 0.3) is 0 Å². The van der Waals surface area contributed by atoms with Crippen LogP contribution in [0.5, 0.6) is 0 Å². The number of para-hydroxylation sites is 1. The second-order valence-electron chi connectivity index (χ2n) is 5.18. The van der Waals surface area contributed by atoms with Crippen LogP contribution in [0.15, 0.2) is 22.6 Å². The minimum atomic E-state index is 0.289. The molecule has 0 radical (unpaired) electrons. The van der Waals surface area contributed by atoms with Crippen LogP contribution in [0.4, 0.5) is 0 Å². The molecule has 0 aliphatic carbocycles. The summed E-state index contributed by atoms with van der Waals surface area (Å²) in [6, 6.07) is 6.40. The number of benzene rings is 1. The number of nitrogens with one attached hydrogen (secondary N) is 1. The zero-order valence-electron chi connectivity index (χ0n) is 10.9. The van der Waals surface area contributed by atoms with Crippen LogP contribution < -0.4 is 5.32 Å². The van der Waals surface area contributed by atoms with Crippen molar-refractivity contribution < 1.29 is 4.42 Å². The van der Waals surface area contributed by atoms with E-state index in [0.29, 0.717) is 0 Å². The molecule has 2 heterocycles. The van der Waals surface area contributed by atoms with Crippen LogP contribution in [0.1, 0.15) is 49.6 Å². The SMILES string of the molecule is Cc1cccc2oc(C3CCCCCCN3)nc12. The van der Waals surface area contributed by atoms with E-state index in [2.05, 4.69) is 23.3 Å². The topological polar surface area (TPSA) is 38.1 Å². The molecule has 0 bridgehead atoms. The van der Waals surface area contributed by atoms with Gasteiger partial charge in [-0.1, -0.05) is 31.4 Å². The Kier molecular flexibility index (Phi) is 3.33. The lowest BCUT2D eigenvalue weighted by Gasteiger charge is -2.18. The molecule has 1 N–H and O–H groups in total. The lowest BCUT2D eigenvalue weighted by atomic mass is 10.0. The zero-order valence-corrected chi connectivity index (χ0v) is 10.9. The number of rotatable bonds is 1. The maximum Gasteiger partial charge on any atom is 0.212 e. The van der Waals surface area contributed by atoms with Gasteiger partial charge in [0.15, 0.2) is 5.58 Å². The Balaban J connectivity index is 1.90. The van der Waals surface area contributed by atoms with Gasteiger partial charge in [-0.3, -0.25) is 0 Å². The second-order valence-corrected chi connectivity index (χ2v) is 5.18. The van der Waals surface area contributed by atoms with Crippen LogP contribution >= 0.6 is 0 Å². The molecular formula is C15H20N2O. The minimum Gasteiger partial charge on any atom is -0.439 e. The monoisotopic (exact) mass is 244 g/mol. The molecule has 1 atom stereocenters. The summed E-state index contributed by atoms with van der Waals surface area (Å²) in [7, 11) is 0. The van der Waals surface area contributed by atoms with E-state index in [1.54, 1.807) is 0 Å². The van der Waals surface area contributed by atoms with Gasteiger partial charge in [0, 0.05) is 0 Å². The first-order chi connectivity index (χ1) is 8.84.